The van der Waals surface area contributed by atoms with Crippen molar-refractivity contribution in [2.45, 2.75) is 34.6 Å². The smallest absolute Gasteiger partial charge is 0.374 e. The molecule has 2 radical (unpaired) electrons. The summed E-state index contributed by atoms with van der Waals surface area (Å²) in [5.41, 5.74) is 4.76. The van der Waals surface area contributed by atoms with E-state index >= 15 is 0 Å². The molecule has 2 rings (SSSR count). The maximum atomic E-state index is 9.60. The molecular formula is C16H16BN3OS. The molecule has 0 unspecified atom stereocenters. The zero-order valence-electron chi connectivity index (χ0n) is 13.3. The molecule has 0 fully saturated rings. The molecule has 0 bridgehead atoms. The van der Waals surface area contributed by atoms with E-state index in [1.165, 1.54) is 11.3 Å². The minimum atomic E-state index is 0.322. The lowest BCUT2D eigenvalue weighted by atomic mass is 9.99. The summed E-state index contributed by atoms with van der Waals surface area (Å²) >= 11 is 1.45. The molecule has 0 aliphatic heterocycles. The Hall–Kier alpha value is -2.13. The average molecular weight is 309 g/mol. The lowest BCUT2D eigenvalue weighted by Gasteiger charge is -2.15. The van der Waals surface area contributed by atoms with E-state index in [2.05, 4.69) is 16.0 Å². The average Bonchev–Trinajstić information content (AvgIpc) is 2.81. The molecule has 0 amide bonds. The molecule has 0 aromatic carbocycles. The van der Waals surface area contributed by atoms with Crippen molar-refractivity contribution in [3.05, 3.63) is 44.2 Å². The van der Waals surface area contributed by atoms with Crippen LogP contribution >= 0.6 is 11.3 Å². The number of aromatic nitrogens is 2. The van der Waals surface area contributed by atoms with Gasteiger partial charge >= 0.3 is 8.05 Å². The van der Waals surface area contributed by atoms with Gasteiger partial charge in [-0.2, -0.15) is 5.26 Å². The first-order valence-corrected chi connectivity index (χ1v) is 7.61. The van der Waals surface area contributed by atoms with Gasteiger partial charge in [-0.05, 0) is 45.7 Å². The Morgan fingerprint density at radius 1 is 1.23 bits per heavy atom. The molecule has 2 aromatic rings. The Morgan fingerprint density at radius 3 is 2.41 bits per heavy atom. The van der Waals surface area contributed by atoms with Crippen LogP contribution in [0.3, 0.4) is 0 Å². The van der Waals surface area contributed by atoms with Crippen molar-refractivity contribution in [2.75, 3.05) is 0 Å². The fourth-order valence-electron chi connectivity index (χ4n) is 2.18. The molecule has 110 valence electrons. The Labute approximate surface area is 135 Å². The molecule has 6 heteroatoms. The lowest BCUT2D eigenvalue weighted by Crippen LogP contribution is -2.03. The van der Waals surface area contributed by atoms with Crippen LogP contribution in [0, 0.1) is 45.9 Å². The highest BCUT2D eigenvalue weighted by atomic mass is 32.1. The van der Waals surface area contributed by atoms with Crippen molar-refractivity contribution in [2.24, 2.45) is 0 Å². The van der Waals surface area contributed by atoms with Crippen LogP contribution in [0.1, 0.15) is 38.0 Å². The van der Waals surface area contributed by atoms with Crippen molar-refractivity contribution in [1.82, 2.24) is 9.97 Å². The Bertz CT molecular complexity index is 783. The first-order chi connectivity index (χ1) is 10.4. The van der Waals surface area contributed by atoms with Crippen molar-refractivity contribution in [3.63, 3.8) is 0 Å². The van der Waals surface area contributed by atoms with Crippen LogP contribution < -0.4 is 0 Å². The van der Waals surface area contributed by atoms with Crippen molar-refractivity contribution in [3.8, 4) is 6.07 Å². The number of nitriles is 1. The van der Waals surface area contributed by atoms with Crippen LogP contribution in [0.4, 0.5) is 0 Å². The van der Waals surface area contributed by atoms with E-state index in [1.807, 2.05) is 34.6 Å². The number of aryl methyl sites for hydroxylation is 4. The molecule has 0 N–H and O–H groups in total. The predicted octanol–water partition coefficient (Wildman–Crippen LogP) is 3.57. The zero-order valence-corrected chi connectivity index (χ0v) is 14.1. The normalized spacial score (nSPS) is 11.8. The molecule has 4 nitrogen and oxygen atoms in total. The summed E-state index contributed by atoms with van der Waals surface area (Å²) < 4.78 is 5.09. The van der Waals surface area contributed by atoms with E-state index in [0.717, 1.165) is 33.0 Å². The zero-order chi connectivity index (χ0) is 16.4. The van der Waals surface area contributed by atoms with E-state index in [-0.39, 0.29) is 0 Å². The van der Waals surface area contributed by atoms with Gasteiger partial charge in [-0.3, -0.25) is 4.98 Å². The molecule has 2 aromatic heterocycles. The molecule has 0 saturated heterocycles. The predicted molar refractivity (Wildman–Crippen MR) is 89.3 cm³/mol. The summed E-state index contributed by atoms with van der Waals surface area (Å²) in [4.78, 5) is 9.85. The Kier molecular flexibility index (Phi) is 4.67. The fraction of sp³-hybridized carbons (Fsp3) is 0.312. The summed E-state index contributed by atoms with van der Waals surface area (Å²) in [5.74, 6) is 0.322. The highest BCUT2D eigenvalue weighted by molar-refractivity contribution is 7.13. The lowest BCUT2D eigenvalue weighted by molar-refractivity contribution is 0.572. The second-order valence-corrected chi connectivity index (χ2v) is 6.32. The van der Waals surface area contributed by atoms with E-state index < -0.39 is 0 Å². The maximum absolute atomic E-state index is 9.60. The number of nitrogens with zero attached hydrogens (tertiary/aromatic N) is 3. The quantitative estimate of drug-likeness (QED) is 0.494. The van der Waals surface area contributed by atoms with Crippen molar-refractivity contribution in [1.29, 1.82) is 5.26 Å². The third kappa shape index (κ3) is 2.77. The number of hydrogen-bond donors (Lipinski definition) is 0. The van der Waals surface area contributed by atoms with Crippen molar-refractivity contribution >= 4 is 30.7 Å². The van der Waals surface area contributed by atoms with Crippen LogP contribution in [0.5, 0.6) is 0 Å². The van der Waals surface area contributed by atoms with Crippen LogP contribution in [0.2, 0.25) is 0 Å². The minimum Gasteiger partial charge on any atom is -0.566 e. The summed E-state index contributed by atoms with van der Waals surface area (Å²) in [5, 5.41) is 10.2. The largest absolute Gasteiger partial charge is 0.566 e. The topological polar surface area (TPSA) is 58.8 Å². The van der Waals surface area contributed by atoms with Crippen LogP contribution in [0.25, 0.3) is 11.3 Å². The summed E-state index contributed by atoms with van der Waals surface area (Å²) in [7, 11) is 5.49. The van der Waals surface area contributed by atoms with Crippen LogP contribution in [-0.2, 0) is 4.65 Å². The standard InChI is InChI=1S/C16H16BN3OS/c1-8-7-19-11(4)14(9(8)2)15(21-17)13(6-18)16-20-10(3)12(5)22-16/h7H,1-5H3. The number of pyridine rings is 1. The Balaban J connectivity index is 2.78. The summed E-state index contributed by atoms with van der Waals surface area (Å²) in [6.45, 7) is 9.68. The minimum absolute atomic E-state index is 0.322. The number of thiazole rings is 1. The maximum Gasteiger partial charge on any atom is 0.374 e. The van der Waals surface area contributed by atoms with E-state index in [9.17, 15) is 5.26 Å². The second-order valence-electron chi connectivity index (χ2n) is 5.12. The van der Waals surface area contributed by atoms with Gasteiger partial charge in [-0.25, -0.2) is 4.98 Å². The van der Waals surface area contributed by atoms with Crippen LogP contribution in [-0.4, -0.2) is 18.0 Å². The molecule has 0 aliphatic carbocycles. The molecule has 0 spiro atoms. The van der Waals surface area contributed by atoms with Crippen molar-refractivity contribution < 1.29 is 4.65 Å². The van der Waals surface area contributed by atoms with Gasteiger partial charge in [0.25, 0.3) is 0 Å². The summed E-state index contributed by atoms with van der Waals surface area (Å²) in [6.07, 6.45) is 1.80. The molecular weight excluding hydrogens is 293 g/mol. The molecule has 0 saturated carbocycles. The molecule has 22 heavy (non-hydrogen) atoms. The molecule has 2 heterocycles. The second kappa shape index (κ2) is 6.33. The summed E-state index contributed by atoms with van der Waals surface area (Å²) in [6, 6.07) is 2.18. The number of allylic oxidation sites excluding steroid dienone is 1. The van der Waals surface area contributed by atoms with Gasteiger partial charge in [0.1, 0.15) is 22.4 Å². The highest BCUT2D eigenvalue weighted by Gasteiger charge is 2.20. The SMILES string of the molecule is [B]OC(=C(C#N)c1nc(C)c(C)s1)c1c(C)ncc(C)c1C. The molecule has 0 atom stereocenters. The van der Waals surface area contributed by atoms with Gasteiger partial charge < -0.3 is 4.65 Å². The van der Waals surface area contributed by atoms with E-state index in [1.54, 1.807) is 6.20 Å². The monoisotopic (exact) mass is 309 g/mol. The van der Waals surface area contributed by atoms with E-state index in [0.29, 0.717) is 16.3 Å². The van der Waals surface area contributed by atoms with Crippen LogP contribution in [0.15, 0.2) is 6.20 Å². The van der Waals surface area contributed by atoms with Gasteiger partial charge in [-0.15, -0.1) is 11.3 Å². The van der Waals surface area contributed by atoms with Gasteiger partial charge in [0.2, 0.25) is 0 Å². The van der Waals surface area contributed by atoms with Gasteiger partial charge in [0.05, 0.1) is 5.69 Å². The number of hydrogen-bond acceptors (Lipinski definition) is 5. The van der Waals surface area contributed by atoms with Gasteiger partial charge in [0, 0.05) is 22.3 Å². The first kappa shape index (κ1) is 16.2. The highest BCUT2D eigenvalue weighted by Crippen LogP contribution is 2.33. The fourth-order valence-corrected chi connectivity index (χ4v) is 3.08. The third-order valence-electron chi connectivity index (χ3n) is 3.71. The number of rotatable bonds is 3. The van der Waals surface area contributed by atoms with Gasteiger partial charge in [-0.1, -0.05) is 0 Å². The van der Waals surface area contributed by atoms with Gasteiger partial charge in [0.15, 0.2) is 0 Å². The Morgan fingerprint density at radius 2 is 1.91 bits per heavy atom. The molecule has 0 aliphatic rings. The first-order valence-electron chi connectivity index (χ1n) is 6.79. The van der Waals surface area contributed by atoms with E-state index in [4.69, 9.17) is 12.7 Å². The third-order valence-corrected chi connectivity index (χ3v) is 4.80.